The van der Waals surface area contributed by atoms with E-state index in [9.17, 15) is 0 Å². The first-order valence-corrected chi connectivity index (χ1v) is 4.94. The molecule has 0 atom stereocenters. The second-order valence-electron chi connectivity index (χ2n) is 3.22. The average molecular weight is 190 g/mol. The van der Waals surface area contributed by atoms with Crippen molar-refractivity contribution in [3.8, 4) is 0 Å². The van der Waals surface area contributed by atoms with Crippen molar-refractivity contribution in [2.45, 2.75) is 19.8 Å². The zero-order valence-corrected chi connectivity index (χ0v) is 8.27. The van der Waals surface area contributed by atoms with Crippen molar-refractivity contribution in [2.24, 2.45) is 0 Å². The maximum absolute atomic E-state index is 4.26. The normalized spacial score (nSPS) is 10.6. The lowest BCUT2D eigenvalue weighted by Gasteiger charge is -2.05. The van der Waals surface area contributed by atoms with Crippen molar-refractivity contribution < 1.29 is 0 Å². The summed E-state index contributed by atoms with van der Waals surface area (Å²) in [5.41, 5.74) is 5.08. The number of nitrogens with zero attached hydrogens (tertiary/aromatic N) is 3. The molecule has 2 aromatic rings. The van der Waals surface area contributed by atoms with Crippen molar-refractivity contribution >= 4 is 11.2 Å². The van der Waals surface area contributed by atoms with E-state index in [1.165, 1.54) is 6.42 Å². The molecule has 4 nitrogen and oxygen atoms in total. The Hall–Kier alpha value is -1.58. The molecule has 0 radical (unpaired) electrons. The van der Waals surface area contributed by atoms with Crippen LogP contribution in [0.1, 0.15) is 19.8 Å². The van der Waals surface area contributed by atoms with E-state index in [1.54, 1.807) is 12.5 Å². The first-order chi connectivity index (χ1) is 6.92. The SMILES string of the molecule is CCCCNn1cnc2cccnc21. The number of pyridine rings is 1. The van der Waals surface area contributed by atoms with Crippen LogP contribution in [0.5, 0.6) is 0 Å². The molecule has 0 aromatic carbocycles. The Morgan fingerprint density at radius 1 is 1.43 bits per heavy atom. The van der Waals surface area contributed by atoms with Crippen LogP contribution >= 0.6 is 0 Å². The molecule has 0 amide bonds. The number of aromatic nitrogens is 3. The highest BCUT2D eigenvalue weighted by atomic mass is 15.4. The number of imidazole rings is 1. The fraction of sp³-hybridized carbons (Fsp3) is 0.400. The van der Waals surface area contributed by atoms with E-state index in [1.807, 2.05) is 16.8 Å². The number of hydrogen-bond donors (Lipinski definition) is 1. The first-order valence-electron chi connectivity index (χ1n) is 4.94. The van der Waals surface area contributed by atoms with Gasteiger partial charge in [0.05, 0.1) is 0 Å². The lowest BCUT2D eigenvalue weighted by atomic mass is 10.3. The zero-order chi connectivity index (χ0) is 9.80. The number of rotatable bonds is 4. The van der Waals surface area contributed by atoms with Crippen LogP contribution in [0.4, 0.5) is 0 Å². The molecule has 0 spiro atoms. The van der Waals surface area contributed by atoms with Crippen molar-refractivity contribution in [3.05, 3.63) is 24.7 Å². The molecule has 0 aliphatic carbocycles. The Labute approximate surface area is 83.0 Å². The highest BCUT2D eigenvalue weighted by Crippen LogP contribution is 2.06. The van der Waals surface area contributed by atoms with Gasteiger partial charge in [-0.3, -0.25) is 0 Å². The van der Waals surface area contributed by atoms with Gasteiger partial charge in [-0.25, -0.2) is 14.6 Å². The van der Waals surface area contributed by atoms with Crippen LogP contribution < -0.4 is 5.43 Å². The van der Waals surface area contributed by atoms with E-state index >= 15 is 0 Å². The summed E-state index contributed by atoms with van der Waals surface area (Å²) in [4.78, 5) is 8.49. The Kier molecular flexibility index (Phi) is 2.62. The van der Waals surface area contributed by atoms with Crippen LogP contribution in [0.15, 0.2) is 24.7 Å². The van der Waals surface area contributed by atoms with Crippen LogP contribution in [-0.4, -0.2) is 21.2 Å². The Bertz CT molecular complexity index is 407. The minimum absolute atomic E-state index is 0.892. The van der Waals surface area contributed by atoms with E-state index < -0.39 is 0 Å². The molecule has 2 aromatic heterocycles. The monoisotopic (exact) mass is 190 g/mol. The van der Waals surface area contributed by atoms with Crippen LogP contribution in [0, 0.1) is 0 Å². The molecule has 0 bridgehead atoms. The van der Waals surface area contributed by atoms with Crippen molar-refractivity contribution in [3.63, 3.8) is 0 Å². The highest BCUT2D eigenvalue weighted by molar-refractivity contribution is 5.70. The molecule has 2 heterocycles. The summed E-state index contributed by atoms with van der Waals surface area (Å²) in [5, 5.41) is 0. The molecule has 14 heavy (non-hydrogen) atoms. The lowest BCUT2D eigenvalue weighted by Crippen LogP contribution is -2.14. The smallest absolute Gasteiger partial charge is 0.178 e. The van der Waals surface area contributed by atoms with Gasteiger partial charge in [0.2, 0.25) is 0 Å². The maximum Gasteiger partial charge on any atom is 0.178 e. The Morgan fingerprint density at radius 3 is 3.21 bits per heavy atom. The van der Waals surface area contributed by atoms with Crippen molar-refractivity contribution in [2.75, 3.05) is 12.0 Å². The quantitative estimate of drug-likeness (QED) is 0.747. The molecule has 0 aliphatic rings. The molecule has 1 N–H and O–H groups in total. The van der Waals surface area contributed by atoms with Gasteiger partial charge in [0.25, 0.3) is 0 Å². The summed E-state index contributed by atoms with van der Waals surface area (Å²) < 4.78 is 1.88. The number of hydrogen-bond acceptors (Lipinski definition) is 3. The van der Waals surface area contributed by atoms with Crippen molar-refractivity contribution in [1.82, 2.24) is 14.6 Å². The molecule has 0 unspecified atom stereocenters. The second-order valence-corrected chi connectivity index (χ2v) is 3.22. The van der Waals surface area contributed by atoms with Crippen LogP contribution in [0.3, 0.4) is 0 Å². The van der Waals surface area contributed by atoms with Gasteiger partial charge in [-0.1, -0.05) is 13.3 Å². The van der Waals surface area contributed by atoms with Gasteiger partial charge in [0, 0.05) is 12.7 Å². The molecule has 0 saturated heterocycles. The first kappa shape index (κ1) is 8.99. The molecule has 74 valence electrons. The highest BCUT2D eigenvalue weighted by Gasteiger charge is 2.00. The predicted molar refractivity (Wildman–Crippen MR) is 56.7 cm³/mol. The van der Waals surface area contributed by atoms with Crippen molar-refractivity contribution in [1.29, 1.82) is 0 Å². The summed E-state index contributed by atoms with van der Waals surface area (Å²) in [5.74, 6) is 0. The minimum atomic E-state index is 0.892. The van der Waals surface area contributed by atoms with Gasteiger partial charge >= 0.3 is 0 Å². The third-order valence-electron chi connectivity index (χ3n) is 2.12. The van der Waals surface area contributed by atoms with E-state index in [4.69, 9.17) is 0 Å². The molecule has 2 rings (SSSR count). The molecular formula is C10H14N4. The second kappa shape index (κ2) is 4.09. The summed E-state index contributed by atoms with van der Waals surface area (Å²) in [6.45, 7) is 3.13. The van der Waals surface area contributed by atoms with Gasteiger partial charge in [0.15, 0.2) is 5.65 Å². The summed E-state index contributed by atoms with van der Waals surface area (Å²) in [6.07, 6.45) is 5.90. The average Bonchev–Trinajstić information content (AvgIpc) is 2.63. The van der Waals surface area contributed by atoms with Gasteiger partial charge in [-0.15, -0.1) is 0 Å². The zero-order valence-electron chi connectivity index (χ0n) is 8.27. The van der Waals surface area contributed by atoms with E-state index in [-0.39, 0.29) is 0 Å². The summed E-state index contributed by atoms with van der Waals surface area (Å²) in [6, 6.07) is 3.85. The molecule has 4 heteroatoms. The molecule has 0 saturated carbocycles. The Balaban J connectivity index is 2.17. The fourth-order valence-corrected chi connectivity index (χ4v) is 1.34. The molecular weight excluding hydrogens is 176 g/mol. The third kappa shape index (κ3) is 1.69. The van der Waals surface area contributed by atoms with Crippen LogP contribution in [0.2, 0.25) is 0 Å². The largest absolute Gasteiger partial charge is 0.323 e. The number of unbranched alkanes of at least 4 members (excludes halogenated alkanes) is 1. The topological polar surface area (TPSA) is 42.7 Å². The van der Waals surface area contributed by atoms with E-state index in [2.05, 4.69) is 22.3 Å². The van der Waals surface area contributed by atoms with Gasteiger partial charge in [0.1, 0.15) is 11.8 Å². The number of nitrogens with one attached hydrogen (secondary N) is 1. The number of fused-ring (bicyclic) bond motifs is 1. The van der Waals surface area contributed by atoms with E-state index in [0.717, 1.165) is 24.1 Å². The van der Waals surface area contributed by atoms with Crippen LogP contribution in [-0.2, 0) is 0 Å². The van der Waals surface area contributed by atoms with E-state index in [0.29, 0.717) is 0 Å². The molecule has 0 aliphatic heterocycles. The van der Waals surface area contributed by atoms with Crippen LogP contribution in [0.25, 0.3) is 11.2 Å². The fourth-order valence-electron chi connectivity index (χ4n) is 1.34. The summed E-state index contributed by atoms with van der Waals surface area (Å²) in [7, 11) is 0. The van der Waals surface area contributed by atoms with Gasteiger partial charge < -0.3 is 5.43 Å². The predicted octanol–water partition coefficient (Wildman–Crippen LogP) is 1.77. The molecule has 0 fully saturated rings. The Morgan fingerprint density at radius 2 is 2.36 bits per heavy atom. The standard InChI is InChI=1S/C10H14N4/c1-2-3-7-13-14-8-12-9-5-4-6-11-10(9)14/h4-6,8,13H,2-3,7H2,1H3. The van der Waals surface area contributed by atoms with Gasteiger partial charge in [-0.05, 0) is 18.6 Å². The third-order valence-corrected chi connectivity index (χ3v) is 2.12. The maximum atomic E-state index is 4.26. The minimum Gasteiger partial charge on any atom is -0.323 e. The van der Waals surface area contributed by atoms with Gasteiger partial charge in [-0.2, -0.15) is 0 Å². The lowest BCUT2D eigenvalue weighted by molar-refractivity contribution is 0.758. The summed E-state index contributed by atoms with van der Waals surface area (Å²) >= 11 is 0.